The molecule has 1 atom stereocenters. The van der Waals surface area contributed by atoms with Gasteiger partial charge >= 0.3 is 0 Å². The van der Waals surface area contributed by atoms with E-state index in [-0.39, 0.29) is 12.6 Å². The first-order valence-electron chi connectivity index (χ1n) is 9.80. The number of rotatable bonds is 7. The van der Waals surface area contributed by atoms with Gasteiger partial charge in [-0.1, -0.05) is 0 Å². The molecule has 1 N–H and O–H groups in total. The van der Waals surface area contributed by atoms with Crippen LogP contribution in [0.5, 0.6) is 17.2 Å². The van der Waals surface area contributed by atoms with Gasteiger partial charge in [-0.15, -0.1) is 0 Å². The molecule has 31 heavy (non-hydrogen) atoms. The highest BCUT2D eigenvalue weighted by Crippen LogP contribution is 2.41. The Bertz CT molecular complexity index is 1050. The van der Waals surface area contributed by atoms with Crippen molar-refractivity contribution in [2.24, 2.45) is 0 Å². The van der Waals surface area contributed by atoms with E-state index in [1.165, 1.54) is 7.11 Å². The second kappa shape index (κ2) is 8.66. The molecule has 1 aliphatic rings. The number of carbonyl (C=O) groups is 1. The van der Waals surface area contributed by atoms with Gasteiger partial charge in [0.15, 0.2) is 0 Å². The van der Waals surface area contributed by atoms with E-state index in [1.54, 1.807) is 37.4 Å². The van der Waals surface area contributed by atoms with Crippen molar-refractivity contribution < 1.29 is 27.4 Å². The Morgan fingerprint density at radius 3 is 2.32 bits per heavy atom. The molecule has 0 fully saturated rings. The van der Waals surface area contributed by atoms with Crippen LogP contribution in [0.1, 0.15) is 31.9 Å². The summed E-state index contributed by atoms with van der Waals surface area (Å²) in [6.45, 7) is 3.54. The maximum absolute atomic E-state index is 12.9. The lowest BCUT2D eigenvalue weighted by molar-refractivity contribution is -0.120. The Kier molecular flexibility index (Phi) is 6.35. The minimum absolute atomic E-state index is 0.345. The van der Waals surface area contributed by atoms with Gasteiger partial charge in [0.05, 0.1) is 32.2 Å². The summed E-state index contributed by atoms with van der Waals surface area (Å²) in [5.74, 6) is 1.49. The zero-order valence-electron chi connectivity index (χ0n) is 18.3. The number of nitrogens with zero attached hydrogens (tertiary/aromatic N) is 1. The lowest BCUT2D eigenvalue weighted by Gasteiger charge is -2.38. The van der Waals surface area contributed by atoms with E-state index in [0.29, 0.717) is 29.4 Å². The van der Waals surface area contributed by atoms with Crippen molar-refractivity contribution in [3.05, 3.63) is 48.0 Å². The Morgan fingerprint density at radius 1 is 1.13 bits per heavy atom. The molecular weight excluding hydrogens is 420 g/mol. The summed E-state index contributed by atoms with van der Waals surface area (Å²) >= 11 is 0. The number of sulfonamides is 1. The first-order chi connectivity index (χ1) is 14.5. The van der Waals surface area contributed by atoms with Gasteiger partial charge in [-0.05, 0) is 56.3 Å². The van der Waals surface area contributed by atoms with Crippen molar-refractivity contribution in [3.8, 4) is 17.2 Å². The predicted octanol–water partition coefficient (Wildman–Crippen LogP) is 2.89. The second-order valence-corrected chi connectivity index (χ2v) is 9.96. The monoisotopic (exact) mass is 448 g/mol. The number of hydrogen-bond acceptors (Lipinski definition) is 6. The van der Waals surface area contributed by atoms with Gasteiger partial charge in [-0.25, -0.2) is 8.42 Å². The average Bonchev–Trinajstić information content (AvgIpc) is 2.70. The number of methoxy groups -OCH3 is 2. The normalized spacial score (nSPS) is 17.1. The third-order valence-corrected chi connectivity index (χ3v) is 6.20. The lowest BCUT2D eigenvalue weighted by atomic mass is 9.89. The van der Waals surface area contributed by atoms with Crippen LogP contribution in [-0.4, -0.2) is 46.9 Å². The first-order valence-corrected chi connectivity index (χ1v) is 11.7. The number of benzene rings is 2. The van der Waals surface area contributed by atoms with E-state index in [2.05, 4.69) is 5.32 Å². The fraction of sp³-hybridized carbons (Fsp3) is 0.409. The molecule has 0 unspecified atom stereocenters. The largest absolute Gasteiger partial charge is 0.497 e. The summed E-state index contributed by atoms with van der Waals surface area (Å²) in [6.07, 6.45) is 1.60. The van der Waals surface area contributed by atoms with Crippen molar-refractivity contribution in [3.63, 3.8) is 0 Å². The predicted molar refractivity (Wildman–Crippen MR) is 118 cm³/mol. The number of amides is 1. The number of anilines is 1. The van der Waals surface area contributed by atoms with Crippen LogP contribution in [0.3, 0.4) is 0 Å². The topological polar surface area (TPSA) is 94.2 Å². The van der Waals surface area contributed by atoms with Gasteiger partial charge in [-0.3, -0.25) is 9.10 Å². The zero-order valence-corrected chi connectivity index (χ0v) is 19.2. The first kappa shape index (κ1) is 22.7. The van der Waals surface area contributed by atoms with E-state index in [4.69, 9.17) is 14.2 Å². The molecule has 168 valence electrons. The highest BCUT2D eigenvalue weighted by atomic mass is 32.2. The van der Waals surface area contributed by atoms with Crippen LogP contribution in [0.2, 0.25) is 0 Å². The van der Waals surface area contributed by atoms with Gasteiger partial charge < -0.3 is 19.5 Å². The minimum Gasteiger partial charge on any atom is -0.497 e. The fourth-order valence-corrected chi connectivity index (χ4v) is 4.46. The Labute approximate surface area is 183 Å². The standard InChI is InChI=1S/C22H28N2O6S/c1-22(2)13-19(18-12-17(29-4)10-11-20(18)30-22)23-21(25)14-24(31(5,26)27)15-6-8-16(28-3)9-7-15/h6-12,19H,13-14H2,1-5H3,(H,23,25)/t19-/m1/s1. The number of carbonyl (C=O) groups excluding carboxylic acids is 1. The lowest BCUT2D eigenvalue weighted by Crippen LogP contribution is -2.45. The summed E-state index contributed by atoms with van der Waals surface area (Å²) in [7, 11) is -0.582. The van der Waals surface area contributed by atoms with Gasteiger partial charge in [-0.2, -0.15) is 0 Å². The third kappa shape index (κ3) is 5.41. The summed E-state index contributed by atoms with van der Waals surface area (Å²) in [4.78, 5) is 12.9. The zero-order chi connectivity index (χ0) is 22.8. The smallest absolute Gasteiger partial charge is 0.241 e. The molecule has 1 amide bonds. The molecule has 2 aromatic carbocycles. The molecule has 0 aliphatic carbocycles. The molecule has 0 bridgehead atoms. The van der Waals surface area contributed by atoms with Crippen molar-refractivity contribution in [1.29, 1.82) is 0 Å². The molecule has 1 heterocycles. The molecule has 0 aromatic heterocycles. The van der Waals surface area contributed by atoms with Crippen LogP contribution in [-0.2, 0) is 14.8 Å². The molecule has 9 heteroatoms. The molecule has 0 radical (unpaired) electrons. The average molecular weight is 449 g/mol. The number of nitrogens with one attached hydrogen (secondary N) is 1. The number of hydrogen-bond donors (Lipinski definition) is 1. The van der Waals surface area contributed by atoms with Crippen LogP contribution in [0.4, 0.5) is 5.69 Å². The Morgan fingerprint density at radius 2 is 1.74 bits per heavy atom. The maximum atomic E-state index is 12.9. The maximum Gasteiger partial charge on any atom is 0.241 e. The van der Waals surface area contributed by atoms with Crippen molar-refractivity contribution in [1.82, 2.24) is 5.32 Å². The van der Waals surface area contributed by atoms with Crippen LogP contribution in [0.15, 0.2) is 42.5 Å². The van der Waals surface area contributed by atoms with Crippen molar-refractivity contribution in [2.45, 2.75) is 31.9 Å². The van der Waals surface area contributed by atoms with Crippen LogP contribution >= 0.6 is 0 Å². The Hall–Kier alpha value is -2.94. The molecule has 0 spiro atoms. The third-order valence-electron chi connectivity index (χ3n) is 5.06. The Balaban J connectivity index is 1.84. The highest BCUT2D eigenvalue weighted by molar-refractivity contribution is 7.92. The fourth-order valence-electron chi connectivity index (χ4n) is 3.61. The SMILES string of the molecule is COc1ccc(N(CC(=O)N[C@@H]2CC(C)(C)Oc3ccc(OC)cc32)S(C)(=O)=O)cc1. The van der Waals surface area contributed by atoms with Crippen molar-refractivity contribution in [2.75, 3.05) is 31.3 Å². The van der Waals surface area contributed by atoms with Gasteiger partial charge in [0.1, 0.15) is 29.4 Å². The van der Waals surface area contributed by atoms with Gasteiger partial charge in [0.2, 0.25) is 15.9 Å². The highest BCUT2D eigenvalue weighted by Gasteiger charge is 2.35. The summed E-state index contributed by atoms with van der Waals surface area (Å²) in [5.41, 5.74) is 0.682. The van der Waals surface area contributed by atoms with E-state index in [9.17, 15) is 13.2 Å². The minimum atomic E-state index is -3.68. The molecule has 3 rings (SSSR count). The second-order valence-electron chi connectivity index (χ2n) is 8.06. The van der Waals surface area contributed by atoms with E-state index < -0.39 is 21.5 Å². The van der Waals surface area contributed by atoms with Gasteiger partial charge in [0, 0.05) is 12.0 Å². The summed E-state index contributed by atoms with van der Waals surface area (Å²) < 4.78 is 42.3. The van der Waals surface area contributed by atoms with Crippen LogP contribution in [0.25, 0.3) is 0 Å². The molecule has 0 saturated heterocycles. The van der Waals surface area contributed by atoms with Crippen LogP contribution < -0.4 is 23.8 Å². The van der Waals surface area contributed by atoms with E-state index in [0.717, 1.165) is 16.1 Å². The van der Waals surface area contributed by atoms with Gasteiger partial charge in [0.25, 0.3) is 0 Å². The summed E-state index contributed by atoms with van der Waals surface area (Å²) in [6, 6.07) is 11.6. The molecule has 1 aliphatic heterocycles. The molecular formula is C22H28N2O6S. The number of fused-ring (bicyclic) bond motifs is 1. The molecule has 8 nitrogen and oxygen atoms in total. The van der Waals surface area contributed by atoms with E-state index in [1.807, 2.05) is 26.0 Å². The molecule has 2 aromatic rings. The quantitative estimate of drug-likeness (QED) is 0.700. The number of ether oxygens (including phenoxy) is 3. The van der Waals surface area contributed by atoms with E-state index >= 15 is 0 Å². The van der Waals surface area contributed by atoms with Crippen LogP contribution in [0, 0.1) is 0 Å². The molecule has 0 saturated carbocycles. The summed E-state index contributed by atoms with van der Waals surface area (Å²) in [5, 5.41) is 2.97. The van der Waals surface area contributed by atoms with Crippen molar-refractivity contribution >= 4 is 21.6 Å².